The van der Waals surface area contributed by atoms with Gasteiger partial charge >= 0.3 is 0 Å². The number of nitrogens with zero attached hydrogens (tertiary/aromatic N) is 2. The van der Waals surface area contributed by atoms with Crippen LogP contribution in [0.25, 0.3) is 6.08 Å². The van der Waals surface area contributed by atoms with Crippen LogP contribution in [-0.4, -0.2) is 38.5 Å². The molecule has 0 amide bonds. The first-order chi connectivity index (χ1) is 16.4. The molecule has 6 nitrogen and oxygen atoms in total. The number of hydroxylamine groups is 1. The first-order valence-corrected chi connectivity index (χ1v) is 12.8. The second-order valence-electron chi connectivity index (χ2n) is 9.19. The molecule has 3 aromatic rings. The van der Waals surface area contributed by atoms with Gasteiger partial charge in [0.2, 0.25) is 10.0 Å². The van der Waals surface area contributed by atoms with Crippen LogP contribution >= 0.6 is 0 Å². The Balaban J connectivity index is 1.45. The van der Waals surface area contributed by atoms with E-state index in [-0.39, 0.29) is 12.6 Å². The molecular weight excluding hydrogens is 448 g/mol. The number of sulfonamides is 1. The van der Waals surface area contributed by atoms with Gasteiger partial charge in [0.15, 0.2) is 0 Å². The number of ether oxygens (including phenoxy) is 1. The molecule has 0 aromatic heterocycles. The number of hydrogen-bond donors (Lipinski definition) is 0. The summed E-state index contributed by atoms with van der Waals surface area (Å²) in [5.74, 6) is 0.795. The van der Waals surface area contributed by atoms with E-state index in [4.69, 9.17) is 9.57 Å². The van der Waals surface area contributed by atoms with Crippen LogP contribution in [-0.2, 0) is 14.9 Å². The maximum absolute atomic E-state index is 13.6. The lowest BCUT2D eigenvalue weighted by Crippen LogP contribution is -2.37. The van der Waals surface area contributed by atoms with Crippen molar-refractivity contribution in [2.45, 2.75) is 29.9 Å². The van der Waals surface area contributed by atoms with Crippen molar-refractivity contribution in [1.82, 2.24) is 4.31 Å². The van der Waals surface area contributed by atoms with Crippen molar-refractivity contribution in [3.8, 4) is 5.75 Å². The average molecular weight is 475 g/mol. The van der Waals surface area contributed by atoms with Crippen LogP contribution in [0, 0.1) is 6.92 Å². The minimum atomic E-state index is -3.66. The minimum Gasteiger partial charge on any atom is -0.496 e. The van der Waals surface area contributed by atoms with Gasteiger partial charge in [-0.05, 0) is 42.8 Å². The van der Waals surface area contributed by atoms with Gasteiger partial charge in [0.05, 0.1) is 30.3 Å². The van der Waals surface area contributed by atoms with Gasteiger partial charge in [-0.25, -0.2) is 13.5 Å². The lowest BCUT2D eigenvalue weighted by Gasteiger charge is -2.27. The van der Waals surface area contributed by atoms with Crippen molar-refractivity contribution < 1.29 is 18.0 Å². The predicted molar refractivity (Wildman–Crippen MR) is 131 cm³/mol. The molecule has 0 saturated carbocycles. The highest BCUT2D eigenvalue weighted by molar-refractivity contribution is 7.89. The molecule has 2 atom stereocenters. The number of fused-ring (bicyclic) bond motifs is 3. The zero-order valence-corrected chi connectivity index (χ0v) is 20.0. The van der Waals surface area contributed by atoms with Gasteiger partial charge in [0.1, 0.15) is 11.4 Å². The van der Waals surface area contributed by atoms with Gasteiger partial charge in [-0.3, -0.25) is 4.84 Å². The van der Waals surface area contributed by atoms with E-state index in [0.717, 1.165) is 33.7 Å². The molecule has 7 heteroatoms. The molecule has 3 aromatic carbocycles. The molecule has 1 spiro atoms. The van der Waals surface area contributed by atoms with Crippen molar-refractivity contribution in [3.05, 3.63) is 95.1 Å². The maximum atomic E-state index is 13.6. The molecule has 0 aliphatic carbocycles. The average Bonchev–Trinajstić information content (AvgIpc) is 3.36. The number of methoxy groups -OCH3 is 1. The van der Waals surface area contributed by atoms with E-state index in [0.29, 0.717) is 17.9 Å². The summed E-state index contributed by atoms with van der Waals surface area (Å²) in [6.45, 7) is 2.52. The summed E-state index contributed by atoms with van der Waals surface area (Å²) >= 11 is 0. The molecule has 3 aliphatic rings. The summed E-state index contributed by atoms with van der Waals surface area (Å²) in [4.78, 5) is 7.02. The normalized spacial score (nSPS) is 23.8. The first kappa shape index (κ1) is 21.4. The Hall–Kier alpha value is -3.13. The molecule has 0 N–H and O–H groups in total. The summed E-state index contributed by atoms with van der Waals surface area (Å²) in [6.07, 6.45) is 2.74. The first-order valence-electron chi connectivity index (χ1n) is 11.4. The number of anilines is 1. The standard InChI is InChI=1S/C27H26N2O4S/c1-19-11-13-22(14-12-19)34(30,31)28-17-21-15-20-7-3-5-9-24(20)29-25(16-27(21,18-28)33-29)23-8-4-6-10-26(23)32-2/h3-15,25H,16-18H2,1-2H3. The van der Waals surface area contributed by atoms with E-state index in [9.17, 15) is 8.42 Å². The Bertz CT molecular complexity index is 1400. The Kier molecular flexibility index (Phi) is 4.85. The quantitative estimate of drug-likeness (QED) is 0.547. The van der Waals surface area contributed by atoms with Crippen molar-refractivity contribution in [2.24, 2.45) is 0 Å². The Labute approximate surface area is 200 Å². The van der Waals surface area contributed by atoms with Crippen LogP contribution in [0.3, 0.4) is 0 Å². The Morgan fingerprint density at radius 3 is 2.53 bits per heavy atom. The highest BCUT2D eigenvalue weighted by Gasteiger charge is 2.57. The van der Waals surface area contributed by atoms with E-state index in [1.165, 1.54) is 0 Å². The van der Waals surface area contributed by atoms with E-state index < -0.39 is 15.6 Å². The maximum Gasteiger partial charge on any atom is 0.243 e. The molecule has 6 rings (SSSR count). The third kappa shape index (κ3) is 3.19. The molecule has 2 bridgehead atoms. The minimum absolute atomic E-state index is 0.108. The third-order valence-corrected chi connectivity index (χ3v) is 8.91. The monoisotopic (exact) mass is 474 g/mol. The van der Waals surface area contributed by atoms with Gasteiger partial charge < -0.3 is 4.74 Å². The number of para-hydroxylation sites is 2. The van der Waals surface area contributed by atoms with Gasteiger partial charge in [-0.2, -0.15) is 4.31 Å². The summed E-state index contributed by atoms with van der Waals surface area (Å²) in [5, 5.41) is 1.96. The molecule has 0 radical (unpaired) electrons. The number of rotatable bonds is 4. The van der Waals surface area contributed by atoms with Crippen LogP contribution in [0.1, 0.15) is 29.2 Å². The fourth-order valence-corrected chi connectivity index (χ4v) is 6.81. The van der Waals surface area contributed by atoms with Crippen LogP contribution in [0.5, 0.6) is 5.75 Å². The highest BCUT2D eigenvalue weighted by Crippen LogP contribution is 2.54. The molecule has 2 saturated heterocycles. The van der Waals surface area contributed by atoms with Crippen molar-refractivity contribution in [1.29, 1.82) is 0 Å². The smallest absolute Gasteiger partial charge is 0.243 e. The SMILES string of the molecule is COc1ccccc1C1CC23CN(S(=O)(=O)c4ccc(C)cc4)CC2=Cc2ccccc2N1O3. The van der Waals surface area contributed by atoms with Crippen molar-refractivity contribution in [3.63, 3.8) is 0 Å². The number of aryl methyl sites for hydroxylation is 1. The van der Waals surface area contributed by atoms with Gasteiger partial charge in [-0.1, -0.05) is 54.1 Å². The zero-order valence-electron chi connectivity index (χ0n) is 19.1. The lowest BCUT2D eigenvalue weighted by atomic mass is 9.85. The fourth-order valence-electron chi connectivity index (χ4n) is 5.34. The van der Waals surface area contributed by atoms with Crippen LogP contribution in [0.2, 0.25) is 0 Å². The number of benzene rings is 3. The summed E-state index contributed by atoms with van der Waals surface area (Å²) in [5.41, 5.74) is 4.30. The van der Waals surface area contributed by atoms with Crippen LogP contribution in [0.4, 0.5) is 5.69 Å². The van der Waals surface area contributed by atoms with Crippen molar-refractivity contribution >= 4 is 21.8 Å². The molecule has 2 fully saturated rings. The predicted octanol–water partition coefficient (Wildman–Crippen LogP) is 4.73. The molecular formula is C27H26N2O4S. The third-order valence-electron chi connectivity index (χ3n) is 7.10. The summed E-state index contributed by atoms with van der Waals surface area (Å²) in [6, 6.07) is 23.0. The largest absolute Gasteiger partial charge is 0.496 e. The van der Waals surface area contributed by atoms with E-state index in [2.05, 4.69) is 24.3 Å². The lowest BCUT2D eigenvalue weighted by molar-refractivity contribution is 0.0251. The Morgan fingerprint density at radius 2 is 1.74 bits per heavy atom. The zero-order chi connectivity index (χ0) is 23.5. The topological polar surface area (TPSA) is 59.1 Å². The molecule has 34 heavy (non-hydrogen) atoms. The molecule has 3 heterocycles. The van der Waals surface area contributed by atoms with Gasteiger partial charge in [0, 0.05) is 24.1 Å². The van der Waals surface area contributed by atoms with E-state index >= 15 is 0 Å². The van der Waals surface area contributed by atoms with E-state index in [1.54, 1.807) is 23.5 Å². The van der Waals surface area contributed by atoms with Crippen LogP contribution < -0.4 is 9.80 Å². The Morgan fingerprint density at radius 1 is 1.00 bits per heavy atom. The second kappa shape index (κ2) is 7.70. The summed E-state index contributed by atoms with van der Waals surface area (Å²) < 4.78 is 34.3. The molecule has 174 valence electrons. The van der Waals surface area contributed by atoms with Gasteiger partial charge in [0.25, 0.3) is 0 Å². The van der Waals surface area contributed by atoms with Crippen LogP contribution in [0.15, 0.2) is 83.3 Å². The summed E-state index contributed by atoms with van der Waals surface area (Å²) in [7, 11) is -1.99. The second-order valence-corrected chi connectivity index (χ2v) is 11.1. The van der Waals surface area contributed by atoms with Gasteiger partial charge in [-0.15, -0.1) is 0 Å². The molecule has 3 aliphatic heterocycles. The highest BCUT2D eigenvalue weighted by atomic mass is 32.2. The molecule has 2 unspecified atom stereocenters. The number of hydrogen-bond acceptors (Lipinski definition) is 5. The van der Waals surface area contributed by atoms with E-state index in [1.807, 2.05) is 54.5 Å². The van der Waals surface area contributed by atoms with Crippen molar-refractivity contribution in [2.75, 3.05) is 25.3 Å². The fraction of sp³-hybridized carbons (Fsp3) is 0.259.